The molecule has 0 bridgehead atoms. The number of thiazole rings is 1. The Hall–Kier alpha value is -2.83. The van der Waals surface area contributed by atoms with Gasteiger partial charge < -0.3 is 14.8 Å². The average Bonchev–Trinajstić information content (AvgIpc) is 3.26. The summed E-state index contributed by atoms with van der Waals surface area (Å²) in [4.78, 5) is 19.0. The number of halogens is 1. The van der Waals surface area contributed by atoms with Crippen LogP contribution in [-0.4, -0.2) is 21.4 Å². The first-order valence-electron chi connectivity index (χ1n) is 7.75. The van der Waals surface area contributed by atoms with Crippen molar-refractivity contribution in [3.8, 4) is 22.8 Å². The van der Waals surface area contributed by atoms with E-state index in [4.69, 9.17) is 16.3 Å². The van der Waals surface area contributed by atoms with Crippen LogP contribution < -0.4 is 4.74 Å². The zero-order valence-electron chi connectivity index (χ0n) is 13.4. The van der Waals surface area contributed by atoms with Gasteiger partial charge in [-0.3, -0.25) is 9.78 Å². The molecule has 0 saturated heterocycles. The first kappa shape index (κ1) is 16.6. The zero-order chi connectivity index (χ0) is 18.1. The van der Waals surface area contributed by atoms with Crippen molar-refractivity contribution in [2.45, 2.75) is 6.61 Å². The third kappa shape index (κ3) is 3.05. The first-order valence-corrected chi connectivity index (χ1v) is 9.01. The fourth-order valence-electron chi connectivity index (χ4n) is 2.76. The lowest BCUT2D eigenvalue weighted by molar-refractivity contribution is 0.112. The van der Waals surface area contributed by atoms with Gasteiger partial charge in [-0.15, -0.1) is 11.3 Å². The lowest BCUT2D eigenvalue weighted by Crippen LogP contribution is -1.92. The Morgan fingerprint density at radius 2 is 2.08 bits per heavy atom. The minimum atomic E-state index is -0.157. The minimum absolute atomic E-state index is 0.157. The van der Waals surface area contributed by atoms with Crippen molar-refractivity contribution in [1.29, 1.82) is 0 Å². The van der Waals surface area contributed by atoms with E-state index in [1.54, 1.807) is 35.2 Å². The molecule has 0 aliphatic heterocycles. The van der Waals surface area contributed by atoms with Crippen LogP contribution in [0.1, 0.15) is 15.2 Å². The Morgan fingerprint density at radius 3 is 2.77 bits per heavy atom. The maximum Gasteiger partial charge on any atom is 0.200 e. The molecule has 0 aliphatic carbocycles. The highest BCUT2D eigenvalue weighted by atomic mass is 35.5. The molecule has 130 valence electrons. The molecule has 0 aliphatic rings. The molecular weight excluding hydrogens is 372 g/mol. The fourth-order valence-corrected chi connectivity index (χ4v) is 3.54. The summed E-state index contributed by atoms with van der Waals surface area (Å²) in [6.45, 7) is 0.474. The predicted molar refractivity (Wildman–Crippen MR) is 102 cm³/mol. The highest BCUT2D eigenvalue weighted by Crippen LogP contribution is 2.36. The molecule has 0 spiro atoms. The smallest absolute Gasteiger partial charge is 0.200 e. The molecule has 0 radical (unpaired) electrons. The number of H-pyrrole nitrogens is 1. The van der Waals surface area contributed by atoms with Gasteiger partial charge in [0.1, 0.15) is 12.4 Å². The van der Waals surface area contributed by atoms with E-state index in [0.717, 1.165) is 21.8 Å². The second-order valence-corrected chi connectivity index (χ2v) is 7.04. The van der Waals surface area contributed by atoms with E-state index in [2.05, 4.69) is 9.97 Å². The van der Waals surface area contributed by atoms with Crippen molar-refractivity contribution in [3.63, 3.8) is 0 Å². The number of benzene rings is 2. The van der Waals surface area contributed by atoms with Crippen molar-refractivity contribution in [1.82, 2.24) is 9.97 Å². The summed E-state index contributed by atoms with van der Waals surface area (Å²) in [5.41, 5.74) is 4.27. The quantitative estimate of drug-likeness (QED) is 0.472. The minimum Gasteiger partial charge on any atom is -0.494 e. The summed E-state index contributed by atoms with van der Waals surface area (Å²) >= 11 is 7.93. The molecule has 0 atom stereocenters. The van der Waals surface area contributed by atoms with Gasteiger partial charge in [0, 0.05) is 17.1 Å². The number of hydrogen-bond acceptors (Lipinski definition) is 5. The Labute approximate surface area is 157 Å². The van der Waals surface area contributed by atoms with Gasteiger partial charge >= 0.3 is 0 Å². The van der Waals surface area contributed by atoms with Crippen LogP contribution in [0.3, 0.4) is 0 Å². The number of fused-ring (bicyclic) bond motifs is 1. The lowest BCUT2D eigenvalue weighted by Gasteiger charge is -2.08. The Morgan fingerprint density at radius 1 is 1.27 bits per heavy atom. The lowest BCUT2D eigenvalue weighted by atomic mass is 10.0. The van der Waals surface area contributed by atoms with Crippen LogP contribution in [0.4, 0.5) is 0 Å². The van der Waals surface area contributed by atoms with E-state index in [0.29, 0.717) is 28.8 Å². The number of ether oxygens (including phenoxy) is 1. The van der Waals surface area contributed by atoms with Crippen molar-refractivity contribution >= 4 is 40.1 Å². The summed E-state index contributed by atoms with van der Waals surface area (Å²) < 4.78 is 5.73. The van der Waals surface area contributed by atoms with Gasteiger partial charge in [-0.25, -0.2) is 0 Å². The monoisotopic (exact) mass is 384 g/mol. The number of nitrogens with zero attached hydrogens (tertiary/aromatic N) is 1. The van der Waals surface area contributed by atoms with Gasteiger partial charge in [-0.05, 0) is 29.8 Å². The molecule has 0 fully saturated rings. The number of rotatable bonds is 5. The molecule has 0 saturated carbocycles. The molecule has 2 aromatic heterocycles. The molecule has 4 rings (SSSR count). The molecule has 26 heavy (non-hydrogen) atoms. The Balaban J connectivity index is 1.64. The maximum atomic E-state index is 11.2. The van der Waals surface area contributed by atoms with Crippen molar-refractivity contribution in [3.05, 3.63) is 63.6 Å². The number of nitrogens with one attached hydrogen (secondary N) is 1. The maximum absolute atomic E-state index is 11.2. The highest BCUT2D eigenvalue weighted by molar-refractivity contribution is 7.09. The van der Waals surface area contributed by atoms with Crippen LogP contribution in [0, 0.1) is 0 Å². The van der Waals surface area contributed by atoms with Gasteiger partial charge in [0.15, 0.2) is 12.2 Å². The number of aldehydes is 1. The third-order valence-corrected chi connectivity index (χ3v) is 5.12. The van der Waals surface area contributed by atoms with Crippen molar-refractivity contribution in [2.24, 2.45) is 0 Å². The molecule has 2 heterocycles. The molecule has 5 nitrogen and oxygen atoms in total. The van der Waals surface area contributed by atoms with Gasteiger partial charge in [0.25, 0.3) is 0 Å². The first-order chi connectivity index (χ1) is 12.7. The summed E-state index contributed by atoms with van der Waals surface area (Å²) in [6, 6.07) is 11.0. The molecule has 2 aromatic carbocycles. The number of carbonyl (C=O) groups excluding carboxylic acids is 1. The average molecular weight is 385 g/mol. The van der Waals surface area contributed by atoms with Crippen molar-refractivity contribution < 1.29 is 14.6 Å². The van der Waals surface area contributed by atoms with Crippen LogP contribution in [0.2, 0.25) is 5.02 Å². The standard InChI is InChI=1S/C19H13ClN2O3S/c20-17-6-18-15(16(8-23)19(24)22-18)5-14(17)11-1-3-12(4-2-11)25-9-13-7-21-10-26-13/h1-8,10,22,24H,9H2. The van der Waals surface area contributed by atoms with Gasteiger partial charge in [-0.1, -0.05) is 23.7 Å². The van der Waals surface area contributed by atoms with E-state index in [9.17, 15) is 9.90 Å². The summed E-state index contributed by atoms with van der Waals surface area (Å²) in [6.07, 6.45) is 2.41. The number of hydrogen-bond donors (Lipinski definition) is 2. The van der Waals surface area contributed by atoms with Gasteiger partial charge in [0.2, 0.25) is 0 Å². The largest absolute Gasteiger partial charge is 0.494 e. The van der Waals surface area contributed by atoms with Crippen LogP contribution in [0.5, 0.6) is 11.6 Å². The molecule has 2 N–H and O–H groups in total. The third-order valence-electron chi connectivity index (χ3n) is 4.05. The summed E-state index contributed by atoms with van der Waals surface area (Å²) in [5, 5.41) is 11.0. The molecule has 4 aromatic rings. The van der Waals surface area contributed by atoms with E-state index < -0.39 is 0 Å². The van der Waals surface area contributed by atoms with Crippen LogP contribution >= 0.6 is 22.9 Å². The fraction of sp³-hybridized carbons (Fsp3) is 0.0526. The molecular formula is C19H13ClN2O3S. The molecule has 0 unspecified atom stereocenters. The van der Waals surface area contributed by atoms with Gasteiger partial charge in [0.05, 0.1) is 26.5 Å². The highest BCUT2D eigenvalue weighted by Gasteiger charge is 2.14. The number of aromatic hydroxyl groups is 1. The van der Waals surface area contributed by atoms with E-state index >= 15 is 0 Å². The summed E-state index contributed by atoms with van der Waals surface area (Å²) in [5.74, 6) is 0.585. The SMILES string of the molecule is O=Cc1c(O)[nH]c2cc(Cl)c(-c3ccc(OCc4cncs4)cc3)cc12. The normalized spacial score (nSPS) is 11.0. The van der Waals surface area contributed by atoms with Crippen LogP contribution in [-0.2, 0) is 6.61 Å². The van der Waals surface area contributed by atoms with E-state index in [1.807, 2.05) is 24.3 Å². The van der Waals surface area contributed by atoms with Crippen LogP contribution in [0.15, 0.2) is 48.1 Å². The second-order valence-electron chi connectivity index (χ2n) is 5.66. The molecule has 0 amide bonds. The second kappa shape index (κ2) is 6.82. The zero-order valence-corrected chi connectivity index (χ0v) is 15.0. The van der Waals surface area contributed by atoms with Crippen molar-refractivity contribution in [2.75, 3.05) is 0 Å². The number of carbonyl (C=O) groups is 1. The predicted octanol–water partition coefficient (Wildman–Crippen LogP) is 5.04. The van der Waals surface area contributed by atoms with Gasteiger partial charge in [-0.2, -0.15) is 0 Å². The summed E-state index contributed by atoms with van der Waals surface area (Å²) in [7, 11) is 0. The number of aromatic nitrogens is 2. The Kier molecular flexibility index (Phi) is 4.36. The molecule has 7 heteroatoms. The van der Waals surface area contributed by atoms with E-state index in [-0.39, 0.29) is 11.4 Å². The number of aromatic amines is 1. The van der Waals surface area contributed by atoms with E-state index in [1.165, 1.54) is 0 Å². The Bertz CT molecular complexity index is 1070. The van der Waals surface area contributed by atoms with Crippen LogP contribution in [0.25, 0.3) is 22.0 Å². The topological polar surface area (TPSA) is 75.2 Å².